The lowest BCUT2D eigenvalue weighted by Gasteiger charge is -2.04. The van der Waals surface area contributed by atoms with Gasteiger partial charge in [-0.3, -0.25) is 4.79 Å². The van der Waals surface area contributed by atoms with Crippen molar-refractivity contribution in [2.75, 3.05) is 7.05 Å². The van der Waals surface area contributed by atoms with E-state index in [0.717, 1.165) is 0 Å². The summed E-state index contributed by atoms with van der Waals surface area (Å²) in [5.74, 6) is -0.300. The molecule has 0 heterocycles. The van der Waals surface area contributed by atoms with Gasteiger partial charge in [-0.25, -0.2) is 0 Å². The molecule has 0 spiro atoms. The number of carbonyl (C=O) groups is 1. The van der Waals surface area contributed by atoms with Crippen molar-refractivity contribution in [3.05, 3.63) is 46.1 Å². The Labute approximate surface area is 99.3 Å². The summed E-state index contributed by atoms with van der Waals surface area (Å²) in [7, 11) is 1.67. The predicted octanol–water partition coefficient (Wildman–Crippen LogP) is 2.54. The molecule has 1 N–H and O–H groups in total. The molecular weight excluding hydrogens is 224 g/mol. The quantitative estimate of drug-likeness (QED) is 0.497. The van der Waals surface area contributed by atoms with Crippen LogP contribution in [0.4, 0.5) is 0 Å². The number of carbonyl (C=O) groups excluding carboxylic acids is 1. The summed E-state index contributed by atoms with van der Waals surface area (Å²) >= 11 is 5.72. The zero-order chi connectivity index (χ0) is 12.1. The van der Waals surface area contributed by atoms with E-state index in [9.17, 15) is 4.79 Å². The average Bonchev–Trinajstić information content (AvgIpc) is 2.30. The van der Waals surface area contributed by atoms with Crippen molar-refractivity contribution >= 4 is 17.4 Å². The Balaban J connectivity index is 3.12. The number of hydrogen-bond acceptors (Lipinski definition) is 3. The summed E-state index contributed by atoms with van der Waals surface area (Å²) in [5.41, 5.74) is 1.13. The molecule has 1 aromatic carbocycles. The van der Waals surface area contributed by atoms with E-state index in [2.05, 4.69) is 5.32 Å². The maximum atomic E-state index is 11.9. The maximum absolute atomic E-state index is 11.9. The van der Waals surface area contributed by atoms with Crippen molar-refractivity contribution in [1.29, 1.82) is 5.26 Å². The van der Waals surface area contributed by atoms with Crippen molar-refractivity contribution in [3.63, 3.8) is 0 Å². The number of nitrogens with one attached hydrogen (secondary N) is 1. The molecule has 4 heteroatoms. The zero-order valence-electron chi connectivity index (χ0n) is 9.04. The molecule has 16 heavy (non-hydrogen) atoms. The number of Topliss-reactive ketones (excluding diaryl/α,β-unsaturated/α-hetero) is 1. The molecule has 0 aliphatic heterocycles. The largest absolute Gasteiger partial charge is 0.390 e. The lowest BCUT2D eigenvalue weighted by Crippen LogP contribution is -2.11. The molecular formula is C12H11ClN2O. The molecule has 0 aliphatic rings. The highest BCUT2D eigenvalue weighted by Gasteiger charge is 2.14. The third-order valence-electron chi connectivity index (χ3n) is 2.20. The standard InChI is InChI=1S/C12H11ClN2O/c1-8(15-2)11(7-14)12(16)9-3-5-10(13)6-4-9/h3-6,15H,1-2H3. The van der Waals surface area contributed by atoms with Crippen LogP contribution >= 0.6 is 11.6 Å². The molecule has 82 valence electrons. The Hall–Kier alpha value is -1.79. The molecule has 0 fully saturated rings. The molecule has 0 radical (unpaired) electrons. The van der Waals surface area contributed by atoms with E-state index in [4.69, 9.17) is 16.9 Å². The third kappa shape index (κ3) is 2.62. The van der Waals surface area contributed by atoms with Gasteiger partial charge < -0.3 is 5.32 Å². The molecule has 0 amide bonds. The summed E-state index contributed by atoms with van der Waals surface area (Å²) in [6.45, 7) is 1.69. The number of rotatable bonds is 3. The van der Waals surface area contributed by atoms with Crippen molar-refractivity contribution in [1.82, 2.24) is 5.32 Å². The van der Waals surface area contributed by atoms with E-state index in [1.165, 1.54) is 0 Å². The molecule has 0 unspecified atom stereocenters. The van der Waals surface area contributed by atoms with Crippen LogP contribution < -0.4 is 5.32 Å². The first-order chi connectivity index (χ1) is 7.60. The molecule has 3 nitrogen and oxygen atoms in total. The van der Waals surface area contributed by atoms with Gasteiger partial charge in [-0.2, -0.15) is 5.26 Å². The van der Waals surface area contributed by atoms with Crippen LogP contribution in [0.1, 0.15) is 17.3 Å². The molecule has 0 atom stereocenters. The maximum Gasteiger partial charge on any atom is 0.205 e. The van der Waals surface area contributed by atoms with Crippen LogP contribution in [-0.4, -0.2) is 12.8 Å². The van der Waals surface area contributed by atoms with Crippen LogP contribution in [0.5, 0.6) is 0 Å². The van der Waals surface area contributed by atoms with E-state index < -0.39 is 0 Å². The lowest BCUT2D eigenvalue weighted by atomic mass is 10.0. The van der Waals surface area contributed by atoms with Crippen molar-refractivity contribution < 1.29 is 4.79 Å². The first-order valence-electron chi connectivity index (χ1n) is 4.69. The Bertz CT molecular complexity index is 469. The van der Waals surface area contributed by atoms with Crippen molar-refractivity contribution in [2.45, 2.75) is 6.92 Å². The van der Waals surface area contributed by atoms with Crippen LogP contribution in [0.25, 0.3) is 0 Å². The van der Waals surface area contributed by atoms with Crippen LogP contribution in [0, 0.1) is 11.3 Å². The second-order valence-electron chi connectivity index (χ2n) is 3.20. The van der Waals surface area contributed by atoms with E-state index in [0.29, 0.717) is 16.3 Å². The minimum absolute atomic E-state index is 0.116. The molecule has 1 aromatic rings. The number of allylic oxidation sites excluding steroid dienone is 2. The van der Waals surface area contributed by atoms with Gasteiger partial charge in [-0.15, -0.1) is 0 Å². The molecule has 1 rings (SSSR count). The number of benzene rings is 1. The molecule has 0 aliphatic carbocycles. The summed E-state index contributed by atoms with van der Waals surface area (Å²) < 4.78 is 0. The third-order valence-corrected chi connectivity index (χ3v) is 2.45. The smallest absolute Gasteiger partial charge is 0.205 e. The Morgan fingerprint density at radius 1 is 1.38 bits per heavy atom. The SMILES string of the molecule is CNC(C)=C(C#N)C(=O)c1ccc(Cl)cc1. The average molecular weight is 235 g/mol. The highest BCUT2D eigenvalue weighted by molar-refractivity contribution is 6.30. The molecule has 0 aromatic heterocycles. The normalized spacial score (nSPS) is 11.4. The van der Waals surface area contributed by atoms with Crippen LogP contribution in [0.2, 0.25) is 5.02 Å². The van der Waals surface area contributed by atoms with Crippen molar-refractivity contribution in [3.8, 4) is 6.07 Å². The first-order valence-corrected chi connectivity index (χ1v) is 5.07. The van der Waals surface area contributed by atoms with Gasteiger partial charge in [0.05, 0.1) is 0 Å². The van der Waals surface area contributed by atoms with Crippen LogP contribution in [0.3, 0.4) is 0 Å². The monoisotopic (exact) mass is 234 g/mol. The lowest BCUT2D eigenvalue weighted by molar-refractivity contribution is 0.103. The minimum atomic E-state index is -0.300. The minimum Gasteiger partial charge on any atom is -0.390 e. The van der Waals surface area contributed by atoms with Gasteiger partial charge in [0.25, 0.3) is 0 Å². The van der Waals surface area contributed by atoms with E-state index in [-0.39, 0.29) is 11.4 Å². The second kappa shape index (κ2) is 5.34. The van der Waals surface area contributed by atoms with Crippen molar-refractivity contribution in [2.24, 2.45) is 0 Å². The van der Waals surface area contributed by atoms with Gasteiger partial charge in [0.1, 0.15) is 11.6 Å². The Kier molecular flexibility index (Phi) is 4.10. The molecule has 0 saturated carbocycles. The number of ketones is 1. The number of halogens is 1. The highest BCUT2D eigenvalue weighted by Crippen LogP contribution is 2.14. The van der Waals surface area contributed by atoms with Gasteiger partial charge in [0.2, 0.25) is 5.78 Å². The summed E-state index contributed by atoms with van der Waals surface area (Å²) in [4.78, 5) is 11.9. The number of hydrogen-bond donors (Lipinski definition) is 1. The van der Waals surface area contributed by atoms with E-state index in [1.807, 2.05) is 6.07 Å². The Morgan fingerprint density at radius 2 is 1.94 bits per heavy atom. The van der Waals surface area contributed by atoms with Gasteiger partial charge in [0, 0.05) is 23.3 Å². The number of nitrogens with zero attached hydrogens (tertiary/aromatic N) is 1. The first kappa shape index (κ1) is 12.3. The highest BCUT2D eigenvalue weighted by atomic mass is 35.5. The van der Waals surface area contributed by atoms with Gasteiger partial charge in [-0.1, -0.05) is 11.6 Å². The summed E-state index contributed by atoms with van der Waals surface area (Å²) in [6.07, 6.45) is 0. The van der Waals surface area contributed by atoms with Gasteiger partial charge >= 0.3 is 0 Å². The van der Waals surface area contributed by atoms with Crippen LogP contribution in [0.15, 0.2) is 35.5 Å². The van der Waals surface area contributed by atoms with E-state index >= 15 is 0 Å². The molecule has 0 bridgehead atoms. The summed E-state index contributed by atoms with van der Waals surface area (Å²) in [6, 6.07) is 8.35. The van der Waals surface area contributed by atoms with Gasteiger partial charge in [0.15, 0.2) is 0 Å². The summed E-state index contributed by atoms with van der Waals surface area (Å²) in [5, 5.41) is 12.3. The zero-order valence-corrected chi connectivity index (χ0v) is 9.80. The van der Waals surface area contributed by atoms with Gasteiger partial charge in [-0.05, 0) is 31.2 Å². The van der Waals surface area contributed by atoms with E-state index in [1.54, 1.807) is 38.2 Å². The fourth-order valence-corrected chi connectivity index (χ4v) is 1.30. The number of nitriles is 1. The predicted molar refractivity (Wildman–Crippen MR) is 63.2 cm³/mol. The fraction of sp³-hybridized carbons (Fsp3) is 0.167. The fourth-order valence-electron chi connectivity index (χ4n) is 1.18. The second-order valence-corrected chi connectivity index (χ2v) is 3.63. The Morgan fingerprint density at radius 3 is 2.38 bits per heavy atom. The molecule has 0 saturated heterocycles. The topological polar surface area (TPSA) is 52.9 Å². The van der Waals surface area contributed by atoms with Crippen LogP contribution in [-0.2, 0) is 0 Å².